The molecule has 0 heterocycles. The first-order valence-electron chi connectivity index (χ1n) is 2.97. The van der Waals surface area contributed by atoms with Crippen molar-refractivity contribution in [1.29, 1.82) is 0 Å². The molecule has 0 aromatic carbocycles. The number of hydrogen-bond donors (Lipinski definition) is 1. The second-order valence-corrected chi connectivity index (χ2v) is 3.64. The molecule has 1 atom stereocenters. The molecule has 1 unspecified atom stereocenters. The monoisotopic (exact) mass is 148 g/mol. The smallest absolute Gasteiger partial charge is 0.0164 e. The second kappa shape index (κ2) is 2.36. The highest BCUT2D eigenvalue weighted by atomic mass is 32.2. The molecular weight excluding hydrogens is 138 g/mol. The van der Waals surface area contributed by atoms with Gasteiger partial charge in [0.1, 0.15) is 0 Å². The van der Waals surface area contributed by atoms with Crippen LogP contribution < -0.4 is 5.73 Å². The minimum Gasteiger partial charge on any atom is -0.772 e. The number of rotatable bonds is 3. The van der Waals surface area contributed by atoms with Crippen LogP contribution in [0.5, 0.6) is 0 Å². The van der Waals surface area contributed by atoms with Crippen molar-refractivity contribution in [2.75, 3.05) is 5.75 Å². The molecule has 2 N–H and O–H groups in total. The van der Waals surface area contributed by atoms with Crippen LogP contribution in [0, 0.1) is 0 Å². The van der Waals surface area contributed by atoms with Gasteiger partial charge in [-0.05, 0) is 19.3 Å². The molecule has 1 aliphatic carbocycles. The van der Waals surface area contributed by atoms with Gasteiger partial charge in [-0.3, -0.25) is 4.21 Å². The van der Waals surface area contributed by atoms with Crippen LogP contribution in [0.4, 0.5) is 0 Å². The first-order valence-corrected chi connectivity index (χ1v) is 4.22. The highest BCUT2D eigenvalue weighted by Crippen LogP contribution is 2.35. The summed E-state index contributed by atoms with van der Waals surface area (Å²) in [4.78, 5) is 0. The average Bonchev–Trinajstić information content (AvgIpc) is 2.45. The summed E-state index contributed by atoms with van der Waals surface area (Å²) in [7, 11) is 0. The number of nitrogens with two attached hydrogens (primary N) is 1. The van der Waals surface area contributed by atoms with E-state index in [1.165, 1.54) is 0 Å². The minimum absolute atomic E-state index is 0.111. The van der Waals surface area contributed by atoms with Gasteiger partial charge in [0.2, 0.25) is 0 Å². The van der Waals surface area contributed by atoms with Crippen LogP contribution in [-0.4, -0.2) is 20.1 Å². The Labute approximate surface area is 56.9 Å². The lowest BCUT2D eigenvalue weighted by molar-refractivity contribution is 0.527. The van der Waals surface area contributed by atoms with Crippen LogP contribution in [0.2, 0.25) is 0 Å². The zero-order valence-electron chi connectivity index (χ0n) is 5.13. The fourth-order valence-corrected chi connectivity index (χ4v) is 1.27. The molecular formula is C5H10NO2S-. The third-order valence-electron chi connectivity index (χ3n) is 1.66. The summed E-state index contributed by atoms with van der Waals surface area (Å²) in [5.41, 5.74) is 5.51. The van der Waals surface area contributed by atoms with Gasteiger partial charge in [0, 0.05) is 11.3 Å². The molecule has 9 heavy (non-hydrogen) atoms. The van der Waals surface area contributed by atoms with E-state index in [4.69, 9.17) is 5.73 Å². The fourth-order valence-electron chi connectivity index (χ4n) is 0.697. The third-order valence-corrected chi connectivity index (χ3v) is 2.20. The molecule has 1 fully saturated rings. The summed E-state index contributed by atoms with van der Waals surface area (Å²) in [6.45, 7) is 0. The van der Waals surface area contributed by atoms with Crippen molar-refractivity contribution in [2.24, 2.45) is 5.73 Å². The van der Waals surface area contributed by atoms with Crippen molar-refractivity contribution in [3.8, 4) is 0 Å². The molecule has 0 aromatic heterocycles. The Bertz CT molecular complexity index is 133. The van der Waals surface area contributed by atoms with E-state index >= 15 is 0 Å². The van der Waals surface area contributed by atoms with Crippen molar-refractivity contribution in [3.05, 3.63) is 0 Å². The highest BCUT2D eigenvalue weighted by Gasteiger charge is 2.37. The molecule has 0 radical (unpaired) electrons. The molecule has 0 aromatic rings. The standard InChI is InChI=1S/C5H11NO2S/c6-5(1-2-5)3-4-9(7)8/h1-4,6H2,(H,7,8)/p-1. The Kier molecular flexibility index (Phi) is 1.88. The molecule has 0 aliphatic heterocycles. The molecule has 1 rings (SSSR count). The molecule has 4 heteroatoms. The maximum atomic E-state index is 10.0. The molecule has 1 aliphatic rings. The summed E-state index contributed by atoms with van der Waals surface area (Å²) in [6, 6.07) is 0. The Morgan fingerprint density at radius 3 is 2.56 bits per heavy atom. The van der Waals surface area contributed by atoms with Gasteiger partial charge < -0.3 is 10.3 Å². The van der Waals surface area contributed by atoms with Gasteiger partial charge >= 0.3 is 0 Å². The first kappa shape index (κ1) is 7.18. The predicted molar refractivity (Wildman–Crippen MR) is 34.6 cm³/mol. The van der Waals surface area contributed by atoms with E-state index < -0.39 is 11.1 Å². The Morgan fingerprint density at radius 2 is 2.22 bits per heavy atom. The van der Waals surface area contributed by atoms with E-state index in [2.05, 4.69) is 0 Å². The maximum Gasteiger partial charge on any atom is 0.0164 e. The Hall–Kier alpha value is 0.0700. The first-order chi connectivity index (χ1) is 4.12. The van der Waals surface area contributed by atoms with E-state index in [1.54, 1.807) is 0 Å². The van der Waals surface area contributed by atoms with Crippen LogP contribution >= 0.6 is 0 Å². The normalized spacial score (nSPS) is 25.6. The topological polar surface area (TPSA) is 66.2 Å². The quantitative estimate of drug-likeness (QED) is 0.561. The summed E-state index contributed by atoms with van der Waals surface area (Å²) in [6.07, 6.45) is 2.61. The van der Waals surface area contributed by atoms with Gasteiger partial charge in [-0.15, -0.1) is 0 Å². The van der Waals surface area contributed by atoms with Gasteiger partial charge in [-0.1, -0.05) is 11.1 Å². The minimum atomic E-state index is -1.90. The van der Waals surface area contributed by atoms with Gasteiger partial charge in [-0.2, -0.15) is 0 Å². The highest BCUT2D eigenvalue weighted by molar-refractivity contribution is 7.79. The molecule has 1 saturated carbocycles. The van der Waals surface area contributed by atoms with Crippen LogP contribution in [0.15, 0.2) is 0 Å². The van der Waals surface area contributed by atoms with E-state index in [0.717, 1.165) is 12.8 Å². The lowest BCUT2D eigenvalue weighted by Gasteiger charge is -2.08. The molecule has 54 valence electrons. The van der Waals surface area contributed by atoms with Gasteiger partial charge in [0.15, 0.2) is 0 Å². The third kappa shape index (κ3) is 2.43. The molecule has 0 spiro atoms. The lowest BCUT2D eigenvalue weighted by Crippen LogP contribution is -2.23. The molecule has 0 amide bonds. The van der Waals surface area contributed by atoms with Gasteiger partial charge in [0.05, 0.1) is 0 Å². The second-order valence-electron chi connectivity index (χ2n) is 2.62. The van der Waals surface area contributed by atoms with E-state index in [1.807, 2.05) is 0 Å². The summed E-state index contributed by atoms with van der Waals surface area (Å²) >= 11 is -1.90. The zero-order chi connectivity index (χ0) is 6.91. The predicted octanol–water partition coefficient (Wildman–Crippen LogP) is -0.253. The van der Waals surface area contributed by atoms with Crippen molar-refractivity contribution < 1.29 is 8.76 Å². The SMILES string of the molecule is NC1(CCS(=O)[O-])CC1. The van der Waals surface area contributed by atoms with E-state index in [-0.39, 0.29) is 11.3 Å². The van der Waals surface area contributed by atoms with Gasteiger partial charge in [0.25, 0.3) is 0 Å². The summed E-state index contributed by atoms with van der Waals surface area (Å²) in [5, 5.41) is 0. The lowest BCUT2D eigenvalue weighted by atomic mass is 10.2. The van der Waals surface area contributed by atoms with Crippen LogP contribution in [-0.2, 0) is 11.1 Å². The summed E-state index contributed by atoms with van der Waals surface area (Å²) < 4.78 is 20.0. The van der Waals surface area contributed by atoms with E-state index in [0.29, 0.717) is 6.42 Å². The Morgan fingerprint density at radius 1 is 1.67 bits per heavy atom. The van der Waals surface area contributed by atoms with Crippen LogP contribution in [0.1, 0.15) is 19.3 Å². The Balaban J connectivity index is 2.12. The zero-order valence-corrected chi connectivity index (χ0v) is 5.95. The van der Waals surface area contributed by atoms with Crippen LogP contribution in [0.3, 0.4) is 0 Å². The van der Waals surface area contributed by atoms with Crippen molar-refractivity contribution in [1.82, 2.24) is 0 Å². The fraction of sp³-hybridized carbons (Fsp3) is 1.00. The molecule has 0 saturated heterocycles. The number of hydrogen-bond acceptors (Lipinski definition) is 3. The maximum absolute atomic E-state index is 10.0. The van der Waals surface area contributed by atoms with Crippen molar-refractivity contribution in [2.45, 2.75) is 24.8 Å². The molecule has 0 bridgehead atoms. The summed E-state index contributed by atoms with van der Waals surface area (Å²) in [5.74, 6) is 0.219. The van der Waals surface area contributed by atoms with Crippen LogP contribution in [0.25, 0.3) is 0 Å². The average molecular weight is 148 g/mol. The van der Waals surface area contributed by atoms with E-state index in [9.17, 15) is 8.76 Å². The largest absolute Gasteiger partial charge is 0.772 e. The van der Waals surface area contributed by atoms with Gasteiger partial charge in [-0.25, -0.2) is 0 Å². The van der Waals surface area contributed by atoms with Crippen molar-refractivity contribution >= 4 is 11.1 Å². The van der Waals surface area contributed by atoms with Crippen molar-refractivity contribution in [3.63, 3.8) is 0 Å². The molecule has 3 nitrogen and oxygen atoms in total.